The molecule has 1 atom stereocenters. The Bertz CT molecular complexity index is 1100. The molecular formula is C20H19ClN6O3. The van der Waals surface area contributed by atoms with Crippen molar-refractivity contribution in [2.75, 3.05) is 29.9 Å². The Morgan fingerprint density at radius 2 is 2.03 bits per heavy atom. The van der Waals surface area contributed by atoms with Crippen LogP contribution in [0.15, 0.2) is 53.7 Å². The van der Waals surface area contributed by atoms with Gasteiger partial charge in [-0.05, 0) is 30.3 Å². The Kier molecular flexibility index (Phi) is 5.73. The average molecular weight is 427 g/mol. The lowest BCUT2D eigenvalue weighted by Crippen LogP contribution is -2.49. The molecule has 1 aliphatic rings. The number of ether oxygens (including phenoxy) is 1. The zero-order valence-corrected chi connectivity index (χ0v) is 16.9. The van der Waals surface area contributed by atoms with Crippen molar-refractivity contribution in [1.29, 1.82) is 0 Å². The van der Waals surface area contributed by atoms with Crippen LogP contribution >= 0.6 is 11.6 Å². The topological polar surface area (TPSA) is 102 Å². The van der Waals surface area contributed by atoms with Crippen molar-refractivity contribution in [1.82, 2.24) is 19.5 Å². The van der Waals surface area contributed by atoms with E-state index in [0.29, 0.717) is 41.2 Å². The molecule has 30 heavy (non-hydrogen) atoms. The van der Waals surface area contributed by atoms with Crippen molar-refractivity contribution in [3.63, 3.8) is 0 Å². The Hall–Kier alpha value is -3.30. The zero-order chi connectivity index (χ0) is 21.1. The van der Waals surface area contributed by atoms with E-state index in [1.165, 1.54) is 17.0 Å². The van der Waals surface area contributed by atoms with Crippen LogP contribution in [0.4, 0.5) is 11.6 Å². The fraction of sp³-hybridized carbons (Fsp3) is 0.250. The molecule has 1 aromatic carbocycles. The minimum absolute atomic E-state index is 0.220. The second-order valence-corrected chi connectivity index (χ2v) is 7.17. The van der Waals surface area contributed by atoms with E-state index in [1.54, 1.807) is 43.6 Å². The third-order valence-corrected chi connectivity index (χ3v) is 4.96. The molecule has 1 amide bonds. The molecule has 1 unspecified atom stereocenters. The molecule has 1 N–H and O–H groups in total. The van der Waals surface area contributed by atoms with Crippen LogP contribution in [-0.2, 0) is 16.6 Å². The number of morpholine rings is 1. The number of benzene rings is 1. The van der Waals surface area contributed by atoms with E-state index in [1.807, 2.05) is 4.90 Å². The van der Waals surface area contributed by atoms with Crippen LogP contribution in [0.25, 0.3) is 11.4 Å². The van der Waals surface area contributed by atoms with Crippen LogP contribution in [0.1, 0.15) is 0 Å². The number of aromatic nitrogens is 4. The van der Waals surface area contributed by atoms with Gasteiger partial charge in [-0.1, -0.05) is 11.6 Å². The minimum atomic E-state index is -0.714. The molecule has 3 heterocycles. The Morgan fingerprint density at radius 1 is 1.23 bits per heavy atom. The number of hydrogen-bond acceptors (Lipinski definition) is 7. The fourth-order valence-corrected chi connectivity index (χ4v) is 3.26. The number of carbonyl (C=O) groups is 1. The molecule has 0 spiro atoms. The van der Waals surface area contributed by atoms with E-state index in [4.69, 9.17) is 16.3 Å². The second kappa shape index (κ2) is 8.60. The van der Waals surface area contributed by atoms with Gasteiger partial charge in [0.25, 0.3) is 11.5 Å². The maximum atomic E-state index is 12.7. The molecule has 0 radical (unpaired) electrons. The molecule has 0 bridgehead atoms. The average Bonchev–Trinajstić information content (AvgIpc) is 2.78. The molecule has 1 aliphatic heterocycles. The van der Waals surface area contributed by atoms with Gasteiger partial charge in [0.2, 0.25) is 5.95 Å². The maximum absolute atomic E-state index is 12.7. The van der Waals surface area contributed by atoms with Crippen molar-refractivity contribution < 1.29 is 9.53 Å². The molecule has 2 aromatic heterocycles. The molecule has 10 heteroatoms. The minimum Gasteiger partial charge on any atom is -0.365 e. The fourth-order valence-electron chi connectivity index (χ4n) is 3.13. The summed E-state index contributed by atoms with van der Waals surface area (Å²) in [5.41, 5.74) is 1.40. The summed E-state index contributed by atoms with van der Waals surface area (Å²) in [7, 11) is 1.65. The largest absolute Gasteiger partial charge is 0.365 e. The smallest absolute Gasteiger partial charge is 0.255 e. The predicted molar refractivity (Wildman–Crippen MR) is 113 cm³/mol. The quantitative estimate of drug-likeness (QED) is 0.677. The van der Waals surface area contributed by atoms with Gasteiger partial charge in [0, 0.05) is 36.6 Å². The number of amides is 1. The highest BCUT2D eigenvalue weighted by molar-refractivity contribution is 6.30. The third-order valence-electron chi connectivity index (χ3n) is 4.71. The van der Waals surface area contributed by atoms with E-state index < -0.39 is 6.10 Å². The standard InChI is InChI=1S/C20H19ClN6O3/c1-26-18(28)10-16(15-6-7-22-12-23-15)25-20(26)27-8-9-30-17(11-27)19(29)24-14-4-2-13(21)3-5-14/h2-7,10,12,17H,8-9,11H2,1H3,(H,24,29). The highest BCUT2D eigenvalue weighted by Crippen LogP contribution is 2.19. The summed E-state index contributed by atoms with van der Waals surface area (Å²) >= 11 is 5.88. The highest BCUT2D eigenvalue weighted by atomic mass is 35.5. The van der Waals surface area contributed by atoms with E-state index >= 15 is 0 Å². The van der Waals surface area contributed by atoms with Crippen molar-refractivity contribution >= 4 is 29.1 Å². The van der Waals surface area contributed by atoms with Crippen molar-refractivity contribution in [3.8, 4) is 11.4 Å². The first kappa shape index (κ1) is 20.0. The lowest BCUT2D eigenvalue weighted by atomic mass is 10.2. The predicted octanol–water partition coefficient (Wildman–Crippen LogP) is 1.73. The van der Waals surface area contributed by atoms with Gasteiger partial charge in [-0.25, -0.2) is 15.0 Å². The third kappa shape index (κ3) is 4.32. The second-order valence-electron chi connectivity index (χ2n) is 6.73. The van der Waals surface area contributed by atoms with Crippen molar-refractivity contribution in [2.45, 2.75) is 6.10 Å². The molecule has 154 valence electrons. The molecule has 3 aromatic rings. The summed E-state index contributed by atoms with van der Waals surface area (Å²) in [5, 5.41) is 3.41. The first-order valence-electron chi connectivity index (χ1n) is 9.29. The first-order valence-corrected chi connectivity index (χ1v) is 9.66. The summed E-state index contributed by atoms with van der Waals surface area (Å²) in [6.07, 6.45) is 2.28. The maximum Gasteiger partial charge on any atom is 0.255 e. The monoisotopic (exact) mass is 426 g/mol. The van der Waals surface area contributed by atoms with Crippen molar-refractivity contribution in [2.24, 2.45) is 7.05 Å². The number of nitrogens with zero attached hydrogens (tertiary/aromatic N) is 5. The SMILES string of the molecule is Cn1c(N2CCOC(C(=O)Nc3ccc(Cl)cc3)C2)nc(-c2ccncn2)cc1=O. The van der Waals surface area contributed by atoms with Crippen LogP contribution in [0, 0.1) is 0 Å². The van der Waals surface area contributed by atoms with Gasteiger partial charge in [0.1, 0.15) is 6.33 Å². The summed E-state index contributed by atoms with van der Waals surface area (Å²) in [4.78, 5) is 39.7. The van der Waals surface area contributed by atoms with Crippen LogP contribution in [0.2, 0.25) is 5.02 Å². The van der Waals surface area contributed by atoms with E-state index in [2.05, 4.69) is 20.3 Å². The Morgan fingerprint density at radius 3 is 2.77 bits per heavy atom. The van der Waals surface area contributed by atoms with Gasteiger partial charge < -0.3 is 15.0 Å². The normalized spacial score (nSPS) is 16.3. The number of rotatable bonds is 4. The Balaban J connectivity index is 1.55. The lowest BCUT2D eigenvalue weighted by Gasteiger charge is -2.33. The molecular weight excluding hydrogens is 408 g/mol. The summed E-state index contributed by atoms with van der Waals surface area (Å²) in [5.74, 6) is 0.169. The number of nitrogens with one attached hydrogen (secondary N) is 1. The molecule has 4 rings (SSSR count). The van der Waals surface area contributed by atoms with Crippen LogP contribution in [0.3, 0.4) is 0 Å². The number of hydrogen-bond donors (Lipinski definition) is 1. The van der Waals surface area contributed by atoms with Crippen LogP contribution in [-0.4, -0.2) is 51.2 Å². The summed E-state index contributed by atoms with van der Waals surface area (Å²) in [6, 6.07) is 9.95. The van der Waals surface area contributed by atoms with Crippen molar-refractivity contribution in [3.05, 3.63) is 64.3 Å². The van der Waals surface area contributed by atoms with E-state index in [0.717, 1.165) is 0 Å². The van der Waals surface area contributed by atoms with Gasteiger partial charge in [-0.2, -0.15) is 0 Å². The van der Waals surface area contributed by atoms with E-state index in [-0.39, 0.29) is 18.0 Å². The lowest BCUT2D eigenvalue weighted by molar-refractivity contribution is -0.128. The molecule has 1 fully saturated rings. The molecule has 0 aliphatic carbocycles. The van der Waals surface area contributed by atoms with Crippen LogP contribution < -0.4 is 15.8 Å². The molecule has 0 saturated carbocycles. The number of anilines is 2. The highest BCUT2D eigenvalue weighted by Gasteiger charge is 2.29. The van der Waals surface area contributed by atoms with Gasteiger partial charge in [-0.15, -0.1) is 0 Å². The summed E-state index contributed by atoms with van der Waals surface area (Å²) < 4.78 is 7.11. The number of carbonyl (C=O) groups excluding carboxylic acids is 1. The van der Waals surface area contributed by atoms with Crippen LogP contribution in [0.5, 0.6) is 0 Å². The number of halogens is 1. The first-order chi connectivity index (χ1) is 14.5. The van der Waals surface area contributed by atoms with E-state index in [9.17, 15) is 9.59 Å². The summed E-state index contributed by atoms with van der Waals surface area (Å²) in [6.45, 7) is 1.08. The molecule has 9 nitrogen and oxygen atoms in total. The Labute approximate surface area is 177 Å². The zero-order valence-electron chi connectivity index (χ0n) is 16.2. The van der Waals surface area contributed by atoms with Gasteiger partial charge in [0.15, 0.2) is 6.10 Å². The van der Waals surface area contributed by atoms with Gasteiger partial charge in [0.05, 0.1) is 24.5 Å². The van der Waals surface area contributed by atoms with Gasteiger partial charge >= 0.3 is 0 Å². The van der Waals surface area contributed by atoms with Gasteiger partial charge in [-0.3, -0.25) is 14.2 Å². The molecule has 1 saturated heterocycles.